The van der Waals surface area contributed by atoms with Gasteiger partial charge in [0, 0.05) is 0 Å². The SMILES string of the molecule is O=S(=O)([O-])O.[Br-].[Li+].[Li+]. The van der Waals surface area contributed by atoms with Gasteiger partial charge in [-0.25, -0.2) is 8.42 Å². The summed E-state index contributed by atoms with van der Waals surface area (Å²) in [5, 5.41) is 0. The van der Waals surface area contributed by atoms with Crippen LogP contribution in [-0.4, -0.2) is 17.5 Å². The van der Waals surface area contributed by atoms with Crippen LogP contribution in [0.25, 0.3) is 0 Å². The van der Waals surface area contributed by atoms with Gasteiger partial charge in [-0.05, 0) is 0 Å². The Kier molecular flexibility index (Phi) is 24.2. The Hall–Kier alpha value is 1.54. The maximum atomic E-state index is 8.63. The molecule has 0 aromatic rings. The molecular formula is HBrLi2O4S. The molecule has 0 aliphatic rings. The molecule has 0 unspecified atom stereocenters. The van der Waals surface area contributed by atoms with Crippen LogP contribution in [0, 0.1) is 0 Å². The molecule has 1 N–H and O–H groups in total. The monoisotopic (exact) mass is 190 g/mol. The van der Waals surface area contributed by atoms with Crippen molar-refractivity contribution in [2.45, 2.75) is 0 Å². The summed E-state index contributed by atoms with van der Waals surface area (Å²) in [6, 6.07) is 0. The third kappa shape index (κ3) is 135. The molecule has 8 heteroatoms. The van der Waals surface area contributed by atoms with Crippen LogP contribution < -0.4 is 54.7 Å². The maximum Gasteiger partial charge on any atom is 1.00 e. The van der Waals surface area contributed by atoms with Crippen molar-refractivity contribution < 1.29 is 72.2 Å². The Labute approximate surface area is 82.1 Å². The molecule has 0 amide bonds. The minimum absolute atomic E-state index is 0. The van der Waals surface area contributed by atoms with Crippen molar-refractivity contribution in [3.63, 3.8) is 0 Å². The van der Waals surface area contributed by atoms with E-state index < -0.39 is 10.4 Å². The first kappa shape index (κ1) is 22.7. The van der Waals surface area contributed by atoms with Gasteiger partial charge in [0.1, 0.15) is 0 Å². The summed E-state index contributed by atoms with van der Waals surface area (Å²) in [7, 11) is -4.92. The molecule has 0 radical (unpaired) electrons. The van der Waals surface area contributed by atoms with Crippen molar-refractivity contribution in [3.8, 4) is 0 Å². The predicted octanol–water partition coefficient (Wildman–Crippen LogP) is -9.98. The minimum atomic E-state index is -4.92. The Morgan fingerprint density at radius 2 is 1.25 bits per heavy atom. The molecule has 0 aliphatic carbocycles. The summed E-state index contributed by atoms with van der Waals surface area (Å²) >= 11 is 0. The van der Waals surface area contributed by atoms with Crippen LogP contribution in [0.5, 0.6) is 0 Å². The van der Waals surface area contributed by atoms with E-state index >= 15 is 0 Å². The first-order valence-corrected chi connectivity index (χ1v) is 2.05. The number of rotatable bonds is 0. The molecule has 0 aromatic heterocycles. The molecule has 0 saturated heterocycles. The molecule has 8 heavy (non-hydrogen) atoms. The fraction of sp³-hybridized carbons (Fsp3) is 0. The predicted molar refractivity (Wildman–Crippen MR) is 12.3 cm³/mol. The Bertz CT molecular complexity index is 97.2. The van der Waals surface area contributed by atoms with Gasteiger partial charge in [-0.1, -0.05) is 0 Å². The van der Waals surface area contributed by atoms with Gasteiger partial charge in [-0.2, -0.15) is 0 Å². The maximum absolute atomic E-state index is 8.63. The van der Waals surface area contributed by atoms with Gasteiger partial charge >= 0.3 is 37.7 Å². The number of hydrogen-bond donors (Lipinski definition) is 1. The van der Waals surface area contributed by atoms with Crippen LogP contribution in [0.1, 0.15) is 0 Å². The zero-order valence-electron chi connectivity index (χ0n) is 4.46. The Balaban J connectivity index is -0.0000000267. The molecule has 0 rings (SSSR count). The average Bonchev–Trinajstić information content (AvgIpc) is 0.722. The molecule has 0 aliphatic heterocycles. The molecule has 0 aromatic carbocycles. The van der Waals surface area contributed by atoms with Crippen molar-refractivity contribution >= 4 is 10.4 Å². The van der Waals surface area contributed by atoms with E-state index in [9.17, 15) is 0 Å². The van der Waals surface area contributed by atoms with Crippen LogP contribution in [0.4, 0.5) is 0 Å². The molecule has 4 nitrogen and oxygen atoms in total. The Morgan fingerprint density at radius 3 is 1.25 bits per heavy atom. The summed E-state index contributed by atoms with van der Waals surface area (Å²) in [6.45, 7) is 0. The second kappa shape index (κ2) is 8.54. The summed E-state index contributed by atoms with van der Waals surface area (Å²) in [5.41, 5.74) is 0. The van der Waals surface area contributed by atoms with Crippen LogP contribution in [0.3, 0.4) is 0 Å². The first-order chi connectivity index (χ1) is 2.00. The molecule has 0 spiro atoms. The summed E-state index contributed by atoms with van der Waals surface area (Å²) in [6.07, 6.45) is 0. The van der Waals surface area contributed by atoms with Crippen LogP contribution in [0.2, 0.25) is 0 Å². The van der Waals surface area contributed by atoms with Crippen LogP contribution in [-0.2, 0) is 10.4 Å². The molecular weight excluding hydrogens is 190 g/mol. The van der Waals surface area contributed by atoms with Crippen molar-refractivity contribution in [2.24, 2.45) is 0 Å². The van der Waals surface area contributed by atoms with Gasteiger partial charge in [0.05, 0.1) is 0 Å². The topological polar surface area (TPSA) is 77.4 Å². The zero-order valence-corrected chi connectivity index (χ0v) is 6.86. The van der Waals surface area contributed by atoms with Gasteiger partial charge in [-0.15, -0.1) is 0 Å². The van der Waals surface area contributed by atoms with E-state index in [0.29, 0.717) is 0 Å². The van der Waals surface area contributed by atoms with E-state index in [1.165, 1.54) is 0 Å². The third-order valence-electron chi connectivity index (χ3n) is 0. The number of hydrogen-bond acceptors (Lipinski definition) is 3. The van der Waals surface area contributed by atoms with Crippen molar-refractivity contribution in [3.05, 3.63) is 0 Å². The van der Waals surface area contributed by atoms with E-state index in [2.05, 4.69) is 0 Å². The largest absolute Gasteiger partial charge is 1.00 e. The van der Waals surface area contributed by atoms with Gasteiger partial charge in [0.25, 0.3) is 0 Å². The van der Waals surface area contributed by atoms with Crippen LogP contribution in [0.15, 0.2) is 0 Å². The van der Waals surface area contributed by atoms with E-state index in [4.69, 9.17) is 17.5 Å². The molecule has 0 heterocycles. The van der Waals surface area contributed by atoms with Crippen molar-refractivity contribution in [1.82, 2.24) is 0 Å². The van der Waals surface area contributed by atoms with Crippen LogP contribution >= 0.6 is 0 Å². The standard InChI is InChI=1S/BrH.2Li.H2O4S/c;;;1-5(2,3)4/h1H;;;(H2,1,2,3,4)/q;2*+1;/p-2. The molecule has 0 bridgehead atoms. The quantitative estimate of drug-likeness (QED) is 0.234. The minimum Gasteiger partial charge on any atom is -1.00 e. The zero-order chi connectivity index (χ0) is 4.50. The van der Waals surface area contributed by atoms with Gasteiger partial charge in [-0.3, -0.25) is 4.55 Å². The second-order valence-corrected chi connectivity index (χ2v) is 1.28. The fourth-order valence-corrected chi connectivity index (χ4v) is 0. The Morgan fingerprint density at radius 1 is 1.25 bits per heavy atom. The molecule has 0 atom stereocenters. The van der Waals surface area contributed by atoms with E-state index in [0.717, 1.165) is 0 Å². The van der Waals surface area contributed by atoms with Gasteiger partial charge < -0.3 is 21.5 Å². The van der Waals surface area contributed by atoms with E-state index in [1.807, 2.05) is 0 Å². The summed E-state index contributed by atoms with van der Waals surface area (Å²) in [5.74, 6) is 0. The van der Waals surface area contributed by atoms with Gasteiger partial charge in [0.2, 0.25) is 10.4 Å². The van der Waals surface area contributed by atoms with Crippen molar-refractivity contribution in [1.29, 1.82) is 0 Å². The van der Waals surface area contributed by atoms with Gasteiger partial charge in [0.15, 0.2) is 0 Å². The average molecular weight is 191 g/mol. The smallest absolute Gasteiger partial charge is 1.00 e. The summed E-state index contributed by atoms with van der Waals surface area (Å²) in [4.78, 5) is 0. The third-order valence-corrected chi connectivity index (χ3v) is 0. The normalized spacial score (nSPS) is 7.25. The van der Waals surface area contributed by atoms with Crippen molar-refractivity contribution in [2.75, 3.05) is 0 Å². The fourth-order valence-electron chi connectivity index (χ4n) is 0. The molecule has 40 valence electrons. The molecule has 0 saturated carbocycles. The van der Waals surface area contributed by atoms with E-state index in [-0.39, 0.29) is 54.7 Å². The van der Waals surface area contributed by atoms with E-state index in [1.54, 1.807) is 0 Å². The number of halogens is 1. The summed E-state index contributed by atoms with van der Waals surface area (Å²) < 4.78 is 32.8. The second-order valence-electron chi connectivity index (χ2n) is 0.428. The molecule has 0 fully saturated rings. The first-order valence-electron chi connectivity index (χ1n) is 0.683.